The van der Waals surface area contributed by atoms with Crippen molar-refractivity contribution >= 4 is 38.5 Å². The normalized spacial score (nSPS) is 15.3. The number of piperazine rings is 1. The molecule has 1 aliphatic rings. The highest BCUT2D eigenvalue weighted by Crippen LogP contribution is 2.22. The van der Waals surface area contributed by atoms with Crippen molar-refractivity contribution in [1.82, 2.24) is 20.2 Å². The molecule has 2 aromatic carbocycles. The van der Waals surface area contributed by atoms with Crippen LogP contribution in [0.15, 0.2) is 53.6 Å². The molecule has 0 saturated carbocycles. The maximum Gasteiger partial charge on any atom is 0.238 e. The fourth-order valence-corrected chi connectivity index (χ4v) is 3.74. The minimum absolute atomic E-state index is 0.0245. The minimum Gasteiger partial charge on any atom is -0.354 e. The van der Waals surface area contributed by atoms with Crippen molar-refractivity contribution in [3.8, 4) is 0 Å². The van der Waals surface area contributed by atoms with Crippen LogP contribution in [0.25, 0.3) is 10.9 Å². The Balaban J connectivity index is 1.59. The van der Waals surface area contributed by atoms with Crippen LogP contribution < -0.4 is 15.8 Å². The predicted molar refractivity (Wildman–Crippen MR) is 109 cm³/mol. The second-order valence-corrected chi connectivity index (χ2v) is 8.36. The summed E-state index contributed by atoms with van der Waals surface area (Å²) >= 11 is 0. The van der Waals surface area contributed by atoms with Crippen LogP contribution in [-0.4, -0.2) is 48.8 Å². The van der Waals surface area contributed by atoms with Gasteiger partial charge < -0.3 is 10.6 Å². The molecule has 0 radical (unpaired) electrons. The standard InChI is InChI=1S/C19H20N6O3S/c20-29(27,28)16-6-4-15(5-7-16)23-19-22-10-13-2-1-3-14(18(13)24-19)11-25-9-8-21-17(26)12-25/h1-7,10H,8-9,11-12H2,(H,21,26)(H2,20,27,28)(H,22,23,24). The summed E-state index contributed by atoms with van der Waals surface area (Å²) in [6.07, 6.45) is 1.73. The van der Waals surface area contributed by atoms with Crippen molar-refractivity contribution < 1.29 is 13.2 Å². The summed E-state index contributed by atoms with van der Waals surface area (Å²) in [5.41, 5.74) is 2.45. The summed E-state index contributed by atoms with van der Waals surface area (Å²) < 4.78 is 22.7. The number of amides is 1. The number of aromatic nitrogens is 2. The maximum absolute atomic E-state index is 11.6. The van der Waals surface area contributed by atoms with E-state index in [1.165, 1.54) is 12.1 Å². The largest absolute Gasteiger partial charge is 0.354 e. The van der Waals surface area contributed by atoms with Crippen LogP contribution in [0.2, 0.25) is 0 Å². The topological polar surface area (TPSA) is 130 Å². The Hall–Kier alpha value is -3.08. The Morgan fingerprint density at radius 1 is 1.17 bits per heavy atom. The molecule has 3 aromatic rings. The quantitative estimate of drug-likeness (QED) is 0.569. The van der Waals surface area contributed by atoms with E-state index in [2.05, 4.69) is 25.5 Å². The first kappa shape index (κ1) is 19.2. The third-order valence-corrected chi connectivity index (χ3v) is 5.57. The molecule has 4 rings (SSSR count). The van der Waals surface area contributed by atoms with Gasteiger partial charge in [0.15, 0.2) is 0 Å². The molecule has 4 N–H and O–H groups in total. The number of rotatable bonds is 5. The van der Waals surface area contributed by atoms with E-state index in [9.17, 15) is 13.2 Å². The van der Waals surface area contributed by atoms with Gasteiger partial charge in [0.25, 0.3) is 0 Å². The zero-order valence-electron chi connectivity index (χ0n) is 15.5. The van der Waals surface area contributed by atoms with Crippen LogP contribution in [0.5, 0.6) is 0 Å². The fraction of sp³-hybridized carbons (Fsp3) is 0.211. The molecule has 1 amide bonds. The summed E-state index contributed by atoms with van der Waals surface area (Å²) in [4.78, 5) is 22.7. The molecule has 1 fully saturated rings. The van der Waals surface area contributed by atoms with Gasteiger partial charge in [-0.15, -0.1) is 0 Å². The van der Waals surface area contributed by atoms with E-state index in [1.54, 1.807) is 18.3 Å². The van der Waals surface area contributed by atoms with Crippen LogP contribution in [0.4, 0.5) is 11.6 Å². The molecular weight excluding hydrogens is 392 g/mol. The average molecular weight is 412 g/mol. The number of nitrogens with zero attached hydrogens (tertiary/aromatic N) is 3. The van der Waals surface area contributed by atoms with Crippen LogP contribution in [0, 0.1) is 0 Å². The Morgan fingerprint density at radius 2 is 1.97 bits per heavy atom. The third kappa shape index (κ3) is 4.50. The molecule has 29 heavy (non-hydrogen) atoms. The minimum atomic E-state index is -3.74. The molecular formula is C19H20N6O3S. The van der Waals surface area contributed by atoms with Gasteiger partial charge in [-0.2, -0.15) is 0 Å². The number of primary sulfonamides is 1. The number of benzene rings is 2. The van der Waals surface area contributed by atoms with Gasteiger partial charge in [-0.1, -0.05) is 18.2 Å². The van der Waals surface area contributed by atoms with Crippen LogP contribution >= 0.6 is 0 Å². The molecule has 1 aliphatic heterocycles. The zero-order valence-corrected chi connectivity index (χ0v) is 16.3. The van der Waals surface area contributed by atoms with Gasteiger partial charge in [0, 0.05) is 36.9 Å². The second-order valence-electron chi connectivity index (χ2n) is 6.80. The lowest BCUT2D eigenvalue weighted by atomic mass is 10.1. The van der Waals surface area contributed by atoms with E-state index in [-0.39, 0.29) is 10.8 Å². The number of para-hydroxylation sites is 1. The molecule has 0 bridgehead atoms. The highest BCUT2D eigenvalue weighted by molar-refractivity contribution is 7.89. The van der Waals surface area contributed by atoms with Gasteiger partial charge in [0.2, 0.25) is 21.9 Å². The van der Waals surface area contributed by atoms with Gasteiger partial charge >= 0.3 is 0 Å². The number of carbonyl (C=O) groups excluding carboxylic acids is 1. The van der Waals surface area contributed by atoms with Gasteiger partial charge in [-0.3, -0.25) is 9.69 Å². The molecule has 0 spiro atoms. The number of sulfonamides is 1. The van der Waals surface area contributed by atoms with Crippen molar-refractivity contribution in [3.63, 3.8) is 0 Å². The monoisotopic (exact) mass is 412 g/mol. The average Bonchev–Trinajstić information content (AvgIpc) is 2.68. The molecule has 0 atom stereocenters. The van der Waals surface area contributed by atoms with E-state index in [4.69, 9.17) is 5.14 Å². The van der Waals surface area contributed by atoms with E-state index in [1.807, 2.05) is 18.2 Å². The van der Waals surface area contributed by atoms with E-state index in [0.717, 1.165) is 23.0 Å². The molecule has 1 saturated heterocycles. The van der Waals surface area contributed by atoms with Gasteiger partial charge in [0.05, 0.1) is 17.0 Å². The van der Waals surface area contributed by atoms with Crippen molar-refractivity contribution in [3.05, 3.63) is 54.2 Å². The summed E-state index contributed by atoms with van der Waals surface area (Å²) in [5.74, 6) is 0.418. The number of anilines is 2. The number of fused-ring (bicyclic) bond motifs is 1. The SMILES string of the molecule is NS(=O)(=O)c1ccc(Nc2ncc3cccc(CN4CCNC(=O)C4)c3n2)cc1. The molecule has 2 heterocycles. The summed E-state index contributed by atoms with van der Waals surface area (Å²) in [7, 11) is -3.74. The number of nitrogens with one attached hydrogen (secondary N) is 2. The van der Waals surface area contributed by atoms with E-state index < -0.39 is 10.0 Å². The van der Waals surface area contributed by atoms with Gasteiger partial charge in [-0.05, 0) is 29.8 Å². The van der Waals surface area contributed by atoms with Gasteiger partial charge in [-0.25, -0.2) is 23.5 Å². The lowest BCUT2D eigenvalue weighted by molar-refractivity contribution is -0.124. The molecule has 10 heteroatoms. The number of hydrogen-bond donors (Lipinski definition) is 3. The fourth-order valence-electron chi connectivity index (χ4n) is 3.23. The number of carbonyl (C=O) groups is 1. The lowest BCUT2D eigenvalue weighted by Crippen LogP contribution is -2.47. The summed E-state index contributed by atoms with van der Waals surface area (Å²) in [6.45, 7) is 2.40. The number of nitrogens with two attached hydrogens (primary N) is 1. The first-order valence-corrected chi connectivity index (χ1v) is 10.6. The van der Waals surface area contributed by atoms with Crippen LogP contribution in [0.1, 0.15) is 5.56 Å². The highest BCUT2D eigenvalue weighted by Gasteiger charge is 2.17. The Morgan fingerprint density at radius 3 is 2.69 bits per heavy atom. The second kappa shape index (κ2) is 7.74. The van der Waals surface area contributed by atoms with Crippen molar-refractivity contribution in [2.24, 2.45) is 5.14 Å². The third-order valence-electron chi connectivity index (χ3n) is 4.64. The molecule has 150 valence electrons. The highest BCUT2D eigenvalue weighted by atomic mass is 32.2. The smallest absolute Gasteiger partial charge is 0.238 e. The first-order chi connectivity index (χ1) is 13.9. The first-order valence-electron chi connectivity index (χ1n) is 9.02. The van der Waals surface area contributed by atoms with E-state index in [0.29, 0.717) is 31.3 Å². The molecule has 0 unspecified atom stereocenters. The van der Waals surface area contributed by atoms with E-state index >= 15 is 0 Å². The summed E-state index contributed by atoms with van der Waals surface area (Å²) in [6, 6.07) is 11.9. The van der Waals surface area contributed by atoms with Crippen LogP contribution in [0.3, 0.4) is 0 Å². The predicted octanol–water partition coefficient (Wildman–Crippen LogP) is 0.953. The molecule has 9 nitrogen and oxygen atoms in total. The molecule has 1 aromatic heterocycles. The van der Waals surface area contributed by atoms with Crippen molar-refractivity contribution in [2.45, 2.75) is 11.4 Å². The van der Waals surface area contributed by atoms with Gasteiger partial charge in [0.1, 0.15) is 0 Å². The lowest BCUT2D eigenvalue weighted by Gasteiger charge is -2.26. The Bertz CT molecular complexity index is 1160. The maximum atomic E-state index is 11.6. The van der Waals surface area contributed by atoms with Crippen LogP contribution in [-0.2, 0) is 21.4 Å². The molecule has 0 aliphatic carbocycles. The van der Waals surface area contributed by atoms with Crippen molar-refractivity contribution in [1.29, 1.82) is 0 Å². The number of hydrogen-bond acceptors (Lipinski definition) is 7. The Kier molecular flexibility index (Phi) is 5.14. The van der Waals surface area contributed by atoms with Crippen molar-refractivity contribution in [2.75, 3.05) is 25.0 Å². The zero-order chi connectivity index (χ0) is 20.4. The Labute approximate surface area is 168 Å². The summed E-state index contributed by atoms with van der Waals surface area (Å²) in [5, 5.41) is 11.9.